The van der Waals surface area contributed by atoms with E-state index in [1.54, 1.807) is 42.3 Å². The zero-order valence-corrected chi connectivity index (χ0v) is 19.4. The van der Waals surface area contributed by atoms with E-state index in [-0.39, 0.29) is 30.0 Å². The number of nitrogens with zero attached hydrogens (tertiary/aromatic N) is 1. The van der Waals surface area contributed by atoms with Gasteiger partial charge in [-0.25, -0.2) is 4.79 Å². The summed E-state index contributed by atoms with van der Waals surface area (Å²) < 4.78 is 39.5. The largest absolute Gasteiger partial charge is 0.495 e. The SMILES string of the molecule is CCS(=O)(=O)Oc1cc(CN(CC(C)C)C(=O)Nc2ccccc2OC)ccc1OC. The van der Waals surface area contributed by atoms with E-state index in [9.17, 15) is 13.2 Å². The van der Waals surface area contributed by atoms with Gasteiger partial charge in [0.1, 0.15) is 5.75 Å². The Morgan fingerprint density at radius 2 is 1.71 bits per heavy atom. The molecule has 0 fully saturated rings. The van der Waals surface area contributed by atoms with Gasteiger partial charge in [-0.05, 0) is 42.7 Å². The Balaban J connectivity index is 2.28. The predicted octanol–water partition coefficient (Wildman–Crippen LogP) is 4.12. The van der Waals surface area contributed by atoms with Crippen molar-refractivity contribution in [1.82, 2.24) is 4.90 Å². The maximum Gasteiger partial charge on any atom is 0.322 e. The average molecular weight is 451 g/mol. The standard InChI is InChI=1S/C22H30N2O6S/c1-6-31(26,27)30-21-13-17(11-12-20(21)29-5)15-24(14-16(2)3)22(25)23-18-9-7-8-10-19(18)28-4/h7-13,16H,6,14-15H2,1-5H3,(H,23,25). The molecule has 2 aromatic rings. The highest BCUT2D eigenvalue weighted by molar-refractivity contribution is 7.87. The summed E-state index contributed by atoms with van der Waals surface area (Å²) in [5, 5.41) is 2.88. The molecule has 2 amide bonds. The quantitative estimate of drug-likeness (QED) is 0.547. The van der Waals surface area contributed by atoms with Gasteiger partial charge < -0.3 is 23.9 Å². The Kier molecular flexibility index (Phi) is 8.56. The van der Waals surface area contributed by atoms with E-state index in [1.807, 2.05) is 26.0 Å². The van der Waals surface area contributed by atoms with Gasteiger partial charge in [-0.15, -0.1) is 0 Å². The Labute approximate surface area is 184 Å². The number of nitrogens with one attached hydrogen (secondary N) is 1. The predicted molar refractivity (Wildman–Crippen MR) is 120 cm³/mol. The fraction of sp³-hybridized carbons (Fsp3) is 0.409. The highest BCUT2D eigenvalue weighted by Gasteiger charge is 2.19. The molecule has 1 N–H and O–H groups in total. The smallest absolute Gasteiger partial charge is 0.322 e. The lowest BCUT2D eigenvalue weighted by atomic mass is 10.1. The highest BCUT2D eigenvalue weighted by atomic mass is 32.2. The third-order valence-electron chi connectivity index (χ3n) is 4.39. The van der Waals surface area contributed by atoms with Crippen LogP contribution in [0.15, 0.2) is 42.5 Å². The first-order valence-electron chi connectivity index (χ1n) is 9.97. The van der Waals surface area contributed by atoms with Crippen molar-refractivity contribution in [2.24, 2.45) is 5.92 Å². The molecule has 8 nitrogen and oxygen atoms in total. The number of anilines is 1. The molecule has 0 radical (unpaired) electrons. The van der Waals surface area contributed by atoms with E-state index in [0.29, 0.717) is 29.3 Å². The lowest BCUT2D eigenvalue weighted by Crippen LogP contribution is -2.37. The first kappa shape index (κ1) is 24.3. The summed E-state index contributed by atoms with van der Waals surface area (Å²) in [7, 11) is -0.742. The van der Waals surface area contributed by atoms with Gasteiger partial charge in [0, 0.05) is 13.1 Å². The molecule has 0 aliphatic heterocycles. The van der Waals surface area contributed by atoms with E-state index in [2.05, 4.69) is 5.32 Å². The van der Waals surface area contributed by atoms with Gasteiger partial charge in [0.05, 0.1) is 25.7 Å². The van der Waals surface area contributed by atoms with E-state index in [1.165, 1.54) is 14.0 Å². The molecule has 170 valence electrons. The Hall–Kier alpha value is -2.94. The maximum atomic E-state index is 13.0. The van der Waals surface area contributed by atoms with Crippen LogP contribution < -0.4 is 19.0 Å². The summed E-state index contributed by atoms with van der Waals surface area (Å²) in [5.41, 5.74) is 1.27. The van der Waals surface area contributed by atoms with Crippen LogP contribution in [-0.2, 0) is 16.7 Å². The number of hydrogen-bond acceptors (Lipinski definition) is 6. The normalized spacial score (nSPS) is 11.2. The van der Waals surface area contributed by atoms with Crippen LogP contribution in [0.25, 0.3) is 0 Å². The second kappa shape index (κ2) is 10.9. The van der Waals surface area contributed by atoms with E-state index < -0.39 is 10.1 Å². The van der Waals surface area contributed by atoms with Gasteiger partial charge in [0.15, 0.2) is 11.5 Å². The first-order valence-corrected chi connectivity index (χ1v) is 11.5. The first-order chi connectivity index (χ1) is 14.7. The van der Waals surface area contributed by atoms with E-state index >= 15 is 0 Å². The molecule has 0 aromatic heterocycles. The zero-order chi connectivity index (χ0) is 23.0. The van der Waals surface area contributed by atoms with Crippen molar-refractivity contribution in [3.05, 3.63) is 48.0 Å². The van der Waals surface area contributed by atoms with Crippen LogP contribution in [0.4, 0.5) is 10.5 Å². The lowest BCUT2D eigenvalue weighted by Gasteiger charge is -2.26. The molecule has 0 aliphatic carbocycles. The molecule has 0 spiro atoms. The number of hydrogen-bond donors (Lipinski definition) is 1. The number of ether oxygens (including phenoxy) is 2. The second-order valence-electron chi connectivity index (χ2n) is 7.32. The zero-order valence-electron chi connectivity index (χ0n) is 18.5. The van der Waals surface area contributed by atoms with Crippen molar-refractivity contribution in [2.75, 3.05) is 31.8 Å². The maximum absolute atomic E-state index is 13.0. The number of carbonyl (C=O) groups excluding carboxylic acids is 1. The molecule has 0 atom stereocenters. The molecule has 0 unspecified atom stereocenters. The summed E-state index contributed by atoms with van der Waals surface area (Å²) in [6.07, 6.45) is 0. The summed E-state index contributed by atoms with van der Waals surface area (Å²) in [5.74, 6) is 1.01. The molecule has 0 heterocycles. The minimum atomic E-state index is -3.72. The fourth-order valence-electron chi connectivity index (χ4n) is 2.90. The summed E-state index contributed by atoms with van der Waals surface area (Å²) in [6.45, 7) is 6.28. The molecule has 2 aromatic carbocycles. The second-order valence-corrected chi connectivity index (χ2v) is 9.18. The van der Waals surface area contributed by atoms with Crippen molar-refractivity contribution < 1.29 is 26.9 Å². The van der Waals surface area contributed by atoms with Crippen LogP contribution in [0, 0.1) is 5.92 Å². The lowest BCUT2D eigenvalue weighted by molar-refractivity contribution is 0.201. The van der Waals surface area contributed by atoms with Crippen LogP contribution >= 0.6 is 0 Å². The summed E-state index contributed by atoms with van der Waals surface area (Å²) in [4.78, 5) is 14.7. The summed E-state index contributed by atoms with van der Waals surface area (Å²) >= 11 is 0. The van der Waals surface area contributed by atoms with E-state index in [4.69, 9.17) is 13.7 Å². The molecule has 0 saturated heterocycles. The third kappa shape index (κ3) is 7.06. The number of amides is 2. The van der Waals surface area contributed by atoms with Crippen LogP contribution in [0.2, 0.25) is 0 Å². The molecule has 0 aliphatic rings. The molecule has 0 bridgehead atoms. The number of urea groups is 1. The average Bonchev–Trinajstić information content (AvgIpc) is 2.73. The van der Waals surface area contributed by atoms with Crippen LogP contribution in [0.3, 0.4) is 0 Å². The van der Waals surface area contributed by atoms with Crippen LogP contribution in [0.5, 0.6) is 17.2 Å². The van der Waals surface area contributed by atoms with Crippen LogP contribution in [0.1, 0.15) is 26.3 Å². The third-order valence-corrected chi connectivity index (χ3v) is 5.53. The van der Waals surface area contributed by atoms with Gasteiger partial charge in [0.2, 0.25) is 0 Å². The number of para-hydroxylation sites is 2. The molecule has 31 heavy (non-hydrogen) atoms. The van der Waals surface area contributed by atoms with Crippen molar-refractivity contribution in [1.29, 1.82) is 0 Å². The Morgan fingerprint density at radius 1 is 1.03 bits per heavy atom. The van der Waals surface area contributed by atoms with Gasteiger partial charge in [0.25, 0.3) is 0 Å². The van der Waals surface area contributed by atoms with Crippen molar-refractivity contribution in [3.8, 4) is 17.2 Å². The molecule has 9 heteroatoms. The fourth-order valence-corrected chi connectivity index (χ4v) is 3.42. The van der Waals surface area contributed by atoms with Gasteiger partial charge in [-0.2, -0.15) is 8.42 Å². The van der Waals surface area contributed by atoms with Gasteiger partial charge >= 0.3 is 16.1 Å². The minimum absolute atomic E-state index is 0.0940. The number of benzene rings is 2. The van der Waals surface area contributed by atoms with Crippen molar-refractivity contribution in [2.45, 2.75) is 27.3 Å². The number of rotatable bonds is 10. The monoisotopic (exact) mass is 450 g/mol. The molecule has 2 rings (SSSR count). The van der Waals surface area contributed by atoms with Crippen LogP contribution in [-0.4, -0.2) is 45.9 Å². The topological polar surface area (TPSA) is 94.2 Å². The van der Waals surface area contributed by atoms with E-state index in [0.717, 1.165) is 0 Å². The van der Waals surface area contributed by atoms with Gasteiger partial charge in [-0.3, -0.25) is 0 Å². The number of carbonyl (C=O) groups is 1. The number of methoxy groups -OCH3 is 2. The Morgan fingerprint density at radius 3 is 2.32 bits per heavy atom. The van der Waals surface area contributed by atoms with Crippen molar-refractivity contribution in [3.63, 3.8) is 0 Å². The molecule has 0 saturated carbocycles. The minimum Gasteiger partial charge on any atom is -0.495 e. The van der Waals surface area contributed by atoms with Crippen molar-refractivity contribution >= 4 is 21.8 Å². The van der Waals surface area contributed by atoms with Gasteiger partial charge in [-0.1, -0.05) is 32.0 Å². The molecular weight excluding hydrogens is 420 g/mol. The summed E-state index contributed by atoms with van der Waals surface area (Å²) in [6, 6.07) is 11.8. The Bertz CT molecular complexity index is 991. The highest BCUT2D eigenvalue weighted by Crippen LogP contribution is 2.30. The molecular formula is C22H30N2O6S.